The fourth-order valence-electron chi connectivity index (χ4n) is 3.69. The molecular weight excluding hydrogens is 234 g/mol. The number of hydrogen-bond acceptors (Lipinski definition) is 1. The Labute approximate surface area is 115 Å². The Kier molecular flexibility index (Phi) is 3.58. The molecule has 3 rings (SSSR count). The average Bonchev–Trinajstić information content (AvgIpc) is 2.92. The molecule has 2 aliphatic rings. The smallest absolute Gasteiger partial charge is 0.223 e. The molecule has 1 aliphatic carbocycles. The molecule has 2 heteroatoms. The van der Waals surface area contributed by atoms with Crippen LogP contribution in [0.5, 0.6) is 0 Å². The SMILES string of the molecule is CC1c2ccccc2CCN1C(=O)CC1CCCC1. The van der Waals surface area contributed by atoms with Crippen LogP contribution in [0.25, 0.3) is 0 Å². The normalized spacial score (nSPS) is 23.4. The van der Waals surface area contributed by atoms with Crippen LogP contribution in [0.1, 0.15) is 56.2 Å². The minimum absolute atomic E-state index is 0.249. The topological polar surface area (TPSA) is 20.3 Å². The van der Waals surface area contributed by atoms with Crippen LogP contribution in [0, 0.1) is 5.92 Å². The van der Waals surface area contributed by atoms with Crippen molar-refractivity contribution < 1.29 is 4.79 Å². The number of fused-ring (bicyclic) bond motifs is 1. The molecule has 1 amide bonds. The maximum absolute atomic E-state index is 12.5. The van der Waals surface area contributed by atoms with Crippen molar-refractivity contribution in [2.75, 3.05) is 6.54 Å². The maximum atomic E-state index is 12.5. The van der Waals surface area contributed by atoms with Gasteiger partial charge in [-0.1, -0.05) is 37.1 Å². The molecule has 2 nitrogen and oxygen atoms in total. The summed E-state index contributed by atoms with van der Waals surface area (Å²) in [6.45, 7) is 3.06. The van der Waals surface area contributed by atoms with Crippen molar-refractivity contribution >= 4 is 5.91 Å². The molecule has 0 spiro atoms. The summed E-state index contributed by atoms with van der Waals surface area (Å²) in [6.07, 6.45) is 6.92. The highest BCUT2D eigenvalue weighted by Gasteiger charge is 2.29. The molecule has 1 unspecified atom stereocenters. The summed E-state index contributed by atoms with van der Waals surface area (Å²) < 4.78 is 0. The van der Waals surface area contributed by atoms with Gasteiger partial charge in [-0.3, -0.25) is 4.79 Å². The van der Waals surface area contributed by atoms with Gasteiger partial charge in [-0.15, -0.1) is 0 Å². The van der Waals surface area contributed by atoms with E-state index >= 15 is 0 Å². The minimum atomic E-state index is 0.249. The van der Waals surface area contributed by atoms with Gasteiger partial charge in [-0.2, -0.15) is 0 Å². The van der Waals surface area contributed by atoms with E-state index in [9.17, 15) is 4.79 Å². The summed E-state index contributed by atoms with van der Waals surface area (Å²) in [5.74, 6) is 1.02. The Hall–Kier alpha value is -1.31. The van der Waals surface area contributed by atoms with Gasteiger partial charge in [0.15, 0.2) is 0 Å². The van der Waals surface area contributed by atoms with Crippen LogP contribution in [-0.4, -0.2) is 17.4 Å². The van der Waals surface area contributed by atoms with Crippen molar-refractivity contribution in [2.45, 2.75) is 51.5 Å². The van der Waals surface area contributed by atoms with Crippen molar-refractivity contribution in [3.8, 4) is 0 Å². The Bertz CT molecular complexity index is 462. The van der Waals surface area contributed by atoms with E-state index in [2.05, 4.69) is 36.1 Å². The second-order valence-corrected chi connectivity index (χ2v) is 6.07. The number of amides is 1. The van der Waals surface area contributed by atoms with Crippen molar-refractivity contribution in [3.05, 3.63) is 35.4 Å². The minimum Gasteiger partial charge on any atom is -0.336 e. The van der Waals surface area contributed by atoms with Crippen molar-refractivity contribution in [3.63, 3.8) is 0 Å². The average molecular weight is 257 g/mol. The summed E-state index contributed by atoms with van der Waals surface area (Å²) >= 11 is 0. The zero-order valence-corrected chi connectivity index (χ0v) is 11.8. The lowest BCUT2D eigenvalue weighted by molar-refractivity contribution is -0.134. The molecule has 1 saturated carbocycles. The highest BCUT2D eigenvalue weighted by Crippen LogP contribution is 2.32. The summed E-state index contributed by atoms with van der Waals surface area (Å²) in [5.41, 5.74) is 2.76. The predicted octanol–water partition coefficient (Wildman–Crippen LogP) is 3.71. The third-order valence-corrected chi connectivity index (χ3v) is 4.85. The zero-order valence-electron chi connectivity index (χ0n) is 11.8. The van der Waals surface area contributed by atoms with Gasteiger partial charge in [-0.25, -0.2) is 0 Å². The lowest BCUT2D eigenvalue weighted by Crippen LogP contribution is -2.39. The summed E-state index contributed by atoms with van der Waals surface area (Å²) in [7, 11) is 0. The fraction of sp³-hybridized carbons (Fsp3) is 0.588. The highest BCUT2D eigenvalue weighted by atomic mass is 16.2. The number of hydrogen-bond donors (Lipinski definition) is 0. The molecule has 0 aromatic heterocycles. The second-order valence-electron chi connectivity index (χ2n) is 6.07. The van der Waals surface area contributed by atoms with Crippen LogP contribution in [-0.2, 0) is 11.2 Å². The summed E-state index contributed by atoms with van der Waals surface area (Å²) in [4.78, 5) is 14.6. The molecule has 1 aromatic rings. The van der Waals surface area contributed by atoms with E-state index in [-0.39, 0.29) is 6.04 Å². The summed E-state index contributed by atoms with van der Waals surface area (Å²) in [6, 6.07) is 8.81. The molecule has 1 fully saturated rings. The van der Waals surface area contributed by atoms with Crippen molar-refractivity contribution in [1.82, 2.24) is 4.90 Å². The van der Waals surface area contributed by atoms with Gasteiger partial charge in [0.1, 0.15) is 0 Å². The monoisotopic (exact) mass is 257 g/mol. The molecule has 1 heterocycles. The number of carbonyl (C=O) groups is 1. The van der Waals surface area contributed by atoms with Gasteiger partial charge in [0, 0.05) is 13.0 Å². The molecule has 19 heavy (non-hydrogen) atoms. The number of rotatable bonds is 2. The fourth-order valence-corrected chi connectivity index (χ4v) is 3.69. The largest absolute Gasteiger partial charge is 0.336 e. The number of nitrogens with zero attached hydrogens (tertiary/aromatic N) is 1. The first-order valence-corrected chi connectivity index (χ1v) is 7.63. The van der Waals surface area contributed by atoms with Gasteiger partial charge >= 0.3 is 0 Å². The predicted molar refractivity (Wildman–Crippen MR) is 76.8 cm³/mol. The van der Waals surface area contributed by atoms with Crippen molar-refractivity contribution in [2.24, 2.45) is 5.92 Å². The Morgan fingerprint density at radius 3 is 2.79 bits per heavy atom. The van der Waals surface area contributed by atoms with Crippen LogP contribution in [0.2, 0.25) is 0 Å². The molecule has 1 aromatic carbocycles. The molecule has 0 bridgehead atoms. The first-order valence-electron chi connectivity index (χ1n) is 7.63. The van der Waals surface area contributed by atoms with Crippen LogP contribution < -0.4 is 0 Å². The second kappa shape index (κ2) is 5.36. The van der Waals surface area contributed by atoms with Gasteiger partial charge in [0.25, 0.3) is 0 Å². The Balaban J connectivity index is 1.70. The van der Waals surface area contributed by atoms with Gasteiger partial charge < -0.3 is 4.90 Å². The van der Waals surface area contributed by atoms with E-state index in [4.69, 9.17) is 0 Å². The van der Waals surface area contributed by atoms with Crippen molar-refractivity contribution in [1.29, 1.82) is 0 Å². The van der Waals surface area contributed by atoms with Crippen LogP contribution in [0.4, 0.5) is 0 Å². The first kappa shape index (κ1) is 12.7. The third kappa shape index (κ3) is 2.54. The molecule has 102 valence electrons. The van der Waals surface area contributed by atoms with E-state index in [0.29, 0.717) is 11.8 Å². The Morgan fingerprint density at radius 2 is 2.00 bits per heavy atom. The van der Waals surface area contributed by atoms with Gasteiger partial charge in [0.2, 0.25) is 5.91 Å². The lowest BCUT2D eigenvalue weighted by Gasteiger charge is -2.36. The van der Waals surface area contributed by atoms with Gasteiger partial charge in [0.05, 0.1) is 6.04 Å². The van der Waals surface area contributed by atoms with Crippen LogP contribution >= 0.6 is 0 Å². The van der Waals surface area contributed by atoms with Gasteiger partial charge in [-0.05, 0) is 43.2 Å². The molecule has 0 N–H and O–H groups in total. The molecular formula is C17H23NO. The standard InChI is InChI=1S/C17H23NO/c1-13-16-9-5-4-8-15(16)10-11-18(13)17(19)12-14-6-2-3-7-14/h4-5,8-9,13-14H,2-3,6-7,10-12H2,1H3. The first-order chi connectivity index (χ1) is 9.25. The van der Waals surface area contributed by atoms with Crippen LogP contribution in [0.15, 0.2) is 24.3 Å². The molecule has 1 aliphatic heterocycles. The Morgan fingerprint density at radius 1 is 1.26 bits per heavy atom. The lowest BCUT2D eigenvalue weighted by atomic mass is 9.92. The highest BCUT2D eigenvalue weighted by molar-refractivity contribution is 5.77. The van der Waals surface area contributed by atoms with Crippen LogP contribution in [0.3, 0.4) is 0 Å². The van der Waals surface area contributed by atoms with E-state index in [1.54, 1.807) is 0 Å². The quantitative estimate of drug-likeness (QED) is 0.791. The van der Waals surface area contributed by atoms with E-state index in [1.165, 1.54) is 36.8 Å². The summed E-state index contributed by atoms with van der Waals surface area (Å²) in [5, 5.41) is 0. The molecule has 1 atom stereocenters. The molecule has 0 radical (unpaired) electrons. The third-order valence-electron chi connectivity index (χ3n) is 4.85. The number of benzene rings is 1. The van der Waals surface area contributed by atoms with E-state index < -0.39 is 0 Å². The zero-order chi connectivity index (χ0) is 13.2. The van der Waals surface area contributed by atoms with E-state index in [0.717, 1.165) is 19.4 Å². The number of carbonyl (C=O) groups excluding carboxylic acids is 1. The molecule has 0 saturated heterocycles. The maximum Gasteiger partial charge on any atom is 0.223 e. The van der Waals surface area contributed by atoms with E-state index in [1.807, 2.05) is 0 Å².